The number of nitrogens with zero attached hydrogens (tertiary/aromatic N) is 6. The Bertz CT molecular complexity index is 1850. The summed E-state index contributed by atoms with van der Waals surface area (Å²) in [6, 6.07) is 29.1. The van der Waals surface area contributed by atoms with Crippen molar-refractivity contribution in [1.82, 2.24) is 14.3 Å². The second-order valence-electron chi connectivity index (χ2n) is 9.79. The average Bonchev–Trinajstić information content (AvgIpc) is 3.13. The molecule has 17 heteroatoms. The summed E-state index contributed by atoms with van der Waals surface area (Å²) in [7, 11) is 2.62. The summed E-state index contributed by atoms with van der Waals surface area (Å²) < 4.78 is 27.6. The summed E-state index contributed by atoms with van der Waals surface area (Å²) in [5.74, 6) is 2.60. The number of benzene rings is 4. The lowest BCUT2D eigenvalue weighted by molar-refractivity contribution is 0.112. The van der Waals surface area contributed by atoms with Gasteiger partial charge in [-0.3, -0.25) is 18.4 Å². The highest BCUT2D eigenvalue weighted by Gasteiger charge is 2.22. The molecule has 0 spiro atoms. The minimum absolute atomic E-state index is 0.567. The molecule has 0 aliphatic rings. The third-order valence-corrected chi connectivity index (χ3v) is 11.9. The molecular weight excluding hydrogens is 738 g/mol. The normalized spacial score (nSPS) is 12.0. The molecule has 0 bridgehead atoms. The number of ether oxygens (including phenoxy) is 1. The first-order valence-corrected chi connectivity index (χ1v) is 21.0. The number of carbonyl (C=O) groups is 1. The van der Waals surface area contributed by atoms with Crippen LogP contribution in [0.5, 0.6) is 23.0 Å². The Morgan fingerprint density at radius 3 is 1.02 bits per heavy atom. The lowest BCUT2D eigenvalue weighted by Gasteiger charge is -2.04. The van der Waals surface area contributed by atoms with Crippen molar-refractivity contribution in [3.8, 4) is 23.0 Å². The van der Waals surface area contributed by atoms with E-state index in [1.54, 1.807) is 85.5 Å². The molecule has 3 atom stereocenters. The third-order valence-electron chi connectivity index (χ3n) is 6.27. The molecule has 0 heterocycles. The Labute approximate surface area is 303 Å². The summed E-state index contributed by atoms with van der Waals surface area (Å²) in [5.41, 5.74) is 3.19. The van der Waals surface area contributed by atoms with Crippen LogP contribution >= 0.6 is 21.2 Å². The van der Waals surface area contributed by atoms with Crippen molar-refractivity contribution in [1.29, 1.82) is 0 Å². The van der Waals surface area contributed by atoms with Crippen LogP contribution in [0.3, 0.4) is 0 Å². The lowest BCUT2D eigenvalue weighted by atomic mass is 10.2. The minimum atomic E-state index is -1.46. The zero-order chi connectivity index (χ0) is 35.2. The van der Waals surface area contributed by atoms with E-state index in [2.05, 4.69) is 15.3 Å². The van der Waals surface area contributed by atoms with Crippen LogP contribution in [0, 0.1) is 0 Å². The second-order valence-corrected chi connectivity index (χ2v) is 16.3. The Hall–Kier alpha value is -4.28. The van der Waals surface area contributed by atoms with Crippen molar-refractivity contribution in [3.63, 3.8) is 0 Å². The van der Waals surface area contributed by atoms with Crippen LogP contribution in [0.15, 0.2) is 112 Å². The molecule has 49 heavy (non-hydrogen) atoms. The van der Waals surface area contributed by atoms with Crippen LogP contribution < -0.4 is 18.3 Å². The molecule has 0 fully saturated rings. The predicted molar refractivity (Wildman–Crippen MR) is 209 cm³/mol. The van der Waals surface area contributed by atoms with Gasteiger partial charge in [0.2, 0.25) is 35.4 Å². The fourth-order valence-corrected chi connectivity index (χ4v) is 6.37. The molecule has 4 rings (SSSR count). The van der Waals surface area contributed by atoms with E-state index in [4.69, 9.17) is 53.7 Å². The maximum absolute atomic E-state index is 10.8. The van der Waals surface area contributed by atoms with Crippen molar-refractivity contribution in [2.24, 2.45) is 15.3 Å². The number of rotatable bonds is 17. The van der Waals surface area contributed by atoms with E-state index in [9.17, 15) is 4.79 Å². The molecule has 250 valence electrons. The third kappa shape index (κ3) is 12.3. The average molecular weight is 770 g/mol. The quantitative estimate of drug-likeness (QED) is 0.0454. The van der Waals surface area contributed by atoms with E-state index in [1.807, 2.05) is 72.8 Å². The smallest absolute Gasteiger partial charge is 0.497 e. The molecule has 3 unspecified atom stereocenters. The number of methoxy groups -OCH3 is 1. The zero-order valence-corrected chi connectivity index (χ0v) is 32.0. The highest BCUT2D eigenvalue weighted by Crippen LogP contribution is 2.33. The highest BCUT2D eigenvalue weighted by molar-refractivity contribution is 8.02. The van der Waals surface area contributed by atoms with E-state index in [-0.39, 0.29) is 0 Å². The summed E-state index contributed by atoms with van der Waals surface area (Å²) >= 11 is 16.5. The van der Waals surface area contributed by atoms with Crippen molar-refractivity contribution >= 4 is 81.6 Å². The summed E-state index contributed by atoms with van der Waals surface area (Å²) in [6.45, 7) is 0. The van der Waals surface area contributed by atoms with Crippen LogP contribution in [-0.2, 0) is 35.4 Å². The van der Waals surface area contributed by atoms with Gasteiger partial charge in [-0.25, -0.2) is 0 Å². The Kier molecular flexibility index (Phi) is 14.6. The van der Waals surface area contributed by atoms with Gasteiger partial charge in [-0.2, -0.15) is 0 Å². The minimum Gasteiger partial charge on any atom is -0.497 e. The van der Waals surface area contributed by atoms with Crippen LogP contribution in [0.25, 0.3) is 0 Å². The van der Waals surface area contributed by atoms with Crippen LogP contribution in [-0.4, -0.2) is 67.5 Å². The Morgan fingerprint density at radius 2 is 0.755 bits per heavy atom. The van der Waals surface area contributed by atoms with Crippen molar-refractivity contribution in [2.45, 2.75) is 0 Å². The standard InChI is InChI=1S/C32H32N6O5P3S3/c1-36(33-21-25-5-13-29(40-4)14-6-25)44(47)41-30-15-7-26(8-16-30)22-34-37(2)45(48)42-31-17-9-27(10-18-31)23-35-38(3)46(49)43-32-19-11-28(24-39)12-20-32/h5-24H,1-4H3/q+3/b33-21-,34-22-,35-23-. The van der Waals surface area contributed by atoms with Gasteiger partial charge in [0.15, 0.2) is 17.2 Å². The van der Waals surface area contributed by atoms with E-state index in [0.29, 0.717) is 22.8 Å². The zero-order valence-electron chi connectivity index (χ0n) is 26.8. The Morgan fingerprint density at radius 1 is 0.490 bits per heavy atom. The van der Waals surface area contributed by atoms with Gasteiger partial charge in [-0.1, -0.05) is 14.3 Å². The second kappa shape index (κ2) is 19.0. The number of carbonyl (C=O) groups excluding carboxylic acids is 1. The number of hydrogen-bond acceptors (Lipinski definition) is 11. The van der Waals surface area contributed by atoms with Crippen molar-refractivity contribution in [3.05, 3.63) is 119 Å². The summed E-state index contributed by atoms with van der Waals surface area (Å²) in [4.78, 5) is 10.8. The molecule has 0 aliphatic heterocycles. The predicted octanol–water partition coefficient (Wildman–Crippen LogP) is 7.86. The number of hydrazone groups is 3. The molecule has 11 nitrogen and oxygen atoms in total. The fraction of sp³-hybridized carbons (Fsp3) is 0.125. The fourth-order valence-electron chi connectivity index (χ4n) is 3.55. The van der Waals surface area contributed by atoms with Crippen molar-refractivity contribution < 1.29 is 23.1 Å². The first-order valence-electron chi connectivity index (χ1n) is 14.3. The van der Waals surface area contributed by atoms with Gasteiger partial charge in [0, 0.05) is 5.56 Å². The van der Waals surface area contributed by atoms with E-state index in [0.717, 1.165) is 28.7 Å². The Balaban J connectivity index is 1.21. The lowest BCUT2D eigenvalue weighted by Crippen LogP contribution is -2.04. The number of hydrogen-bond donors (Lipinski definition) is 0. The first kappa shape index (κ1) is 37.5. The van der Waals surface area contributed by atoms with E-state index in [1.165, 1.54) is 0 Å². The topological polar surface area (TPSA) is 101 Å². The molecule has 0 amide bonds. The molecule has 4 aromatic carbocycles. The molecule has 0 aromatic heterocycles. The van der Waals surface area contributed by atoms with Gasteiger partial charge >= 0.3 is 21.2 Å². The van der Waals surface area contributed by atoms with E-state index < -0.39 is 21.2 Å². The molecule has 0 saturated carbocycles. The van der Waals surface area contributed by atoms with E-state index >= 15 is 0 Å². The van der Waals surface area contributed by atoms with Gasteiger partial charge in [-0.05, 0) is 114 Å². The highest BCUT2D eigenvalue weighted by atomic mass is 32.4. The summed E-state index contributed by atoms with van der Waals surface area (Å²) in [5, 5.41) is 13.2. The molecule has 0 aliphatic carbocycles. The molecular formula is C32H32N6O5P3S3+3. The molecule has 0 N–H and O–H groups in total. The van der Waals surface area contributed by atoms with Gasteiger partial charge in [-0.15, -0.1) is 15.3 Å². The van der Waals surface area contributed by atoms with Crippen molar-refractivity contribution in [2.75, 3.05) is 28.3 Å². The molecule has 4 aromatic rings. The monoisotopic (exact) mass is 769 g/mol. The van der Waals surface area contributed by atoms with Gasteiger partial charge < -0.3 is 4.74 Å². The maximum Gasteiger partial charge on any atom is 0.540 e. The van der Waals surface area contributed by atoms with Gasteiger partial charge in [0.05, 0.1) is 46.9 Å². The van der Waals surface area contributed by atoms with Gasteiger partial charge in [0.1, 0.15) is 12.0 Å². The van der Waals surface area contributed by atoms with Gasteiger partial charge in [0.25, 0.3) is 0 Å². The first-order chi connectivity index (χ1) is 23.6. The number of aldehydes is 1. The SMILES string of the molecule is COc1ccc(/C=N\N(C)[P+](=S)Oc2ccc(/C=N\N(C)[P+](=S)Oc3ccc(/C=N\N(C)[P+](=S)Oc4ccc(C=O)cc4)cc3)cc2)cc1. The van der Waals surface area contributed by atoms with Crippen LogP contribution in [0.2, 0.25) is 0 Å². The molecule has 0 radical (unpaired) electrons. The largest absolute Gasteiger partial charge is 0.540 e. The maximum atomic E-state index is 10.8. The summed E-state index contributed by atoms with van der Waals surface area (Å²) in [6.07, 6.45) is 5.87. The van der Waals surface area contributed by atoms with Crippen LogP contribution in [0.4, 0.5) is 0 Å². The molecule has 0 saturated heterocycles. The van der Waals surface area contributed by atoms with Crippen LogP contribution in [0.1, 0.15) is 27.0 Å².